The van der Waals surface area contributed by atoms with Crippen LogP contribution < -0.4 is 10.2 Å². The van der Waals surface area contributed by atoms with E-state index < -0.39 is 0 Å². The lowest BCUT2D eigenvalue weighted by Crippen LogP contribution is -2.36. The molecular weight excluding hydrogens is 251 g/mol. The average molecular weight is 278 g/mol. The van der Waals surface area contributed by atoms with Gasteiger partial charge < -0.3 is 10.2 Å². The number of nitrogens with zero attached hydrogens (tertiary/aromatic N) is 1. The fourth-order valence-electron chi connectivity index (χ4n) is 3.18. The highest BCUT2D eigenvalue weighted by molar-refractivity contribution is 5.55. The second-order valence-electron chi connectivity index (χ2n) is 6.24. The number of anilines is 1. The van der Waals surface area contributed by atoms with E-state index in [0.717, 1.165) is 17.2 Å². The normalized spacial score (nSPS) is 24.4. The first-order valence-electron chi connectivity index (χ1n) is 7.72. The Kier molecular flexibility index (Phi) is 5.03. The second-order valence-corrected chi connectivity index (χ2v) is 6.24. The Bertz CT molecular complexity index is 439. The van der Waals surface area contributed by atoms with Crippen molar-refractivity contribution in [3.05, 3.63) is 29.6 Å². The lowest BCUT2D eigenvalue weighted by molar-refractivity contribution is 0.340. The molecule has 20 heavy (non-hydrogen) atoms. The van der Waals surface area contributed by atoms with Crippen molar-refractivity contribution >= 4 is 5.69 Å². The summed E-state index contributed by atoms with van der Waals surface area (Å²) in [5, 5.41) is 3.22. The van der Waals surface area contributed by atoms with Crippen LogP contribution in [-0.4, -0.2) is 20.1 Å². The summed E-state index contributed by atoms with van der Waals surface area (Å²) >= 11 is 0. The lowest BCUT2D eigenvalue weighted by Gasteiger charge is -2.36. The monoisotopic (exact) mass is 278 g/mol. The Balaban J connectivity index is 2.22. The average Bonchev–Trinajstić information content (AvgIpc) is 2.46. The van der Waals surface area contributed by atoms with Gasteiger partial charge in [0.05, 0.1) is 0 Å². The first kappa shape index (κ1) is 15.3. The molecule has 1 aliphatic carbocycles. The van der Waals surface area contributed by atoms with Gasteiger partial charge in [0, 0.05) is 24.8 Å². The van der Waals surface area contributed by atoms with Crippen molar-refractivity contribution in [2.24, 2.45) is 5.92 Å². The molecule has 112 valence electrons. The molecule has 0 heterocycles. The predicted molar refractivity (Wildman–Crippen MR) is 83.7 cm³/mol. The maximum absolute atomic E-state index is 13.6. The van der Waals surface area contributed by atoms with Crippen LogP contribution in [0.4, 0.5) is 10.1 Å². The van der Waals surface area contributed by atoms with Crippen molar-refractivity contribution in [2.45, 2.75) is 51.6 Å². The van der Waals surface area contributed by atoms with Crippen LogP contribution in [0.3, 0.4) is 0 Å². The summed E-state index contributed by atoms with van der Waals surface area (Å²) in [6.07, 6.45) is 5.07. The summed E-state index contributed by atoms with van der Waals surface area (Å²) < 4.78 is 13.6. The van der Waals surface area contributed by atoms with Crippen molar-refractivity contribution in [3.63, 3.8) is 0 Å². The van der Waals surface area contributed by atoms with Crippen LogP contribution in [0.5, 0.6) is 0 Å². The molecule has 1 saturated carbocycles. The highest BCUT2D eigenvalue weighted by Gasteiger charge is 2.24. The molecule has 0 saturated heterocycles. The van der Waals surface area contributed by atoms with Gasteiger partial charge in [-0.15, -0.1) is 0 Å². The highest BCUT2D eigenvalue weighted by atomic mass is 19.1. The standard InChI is InChI=1S/C17H27FN2/c1-12-5-8-15(9-6-12)20(4)17-10-7-14(18)11-16(17)13(2)19-3/h7,10-13,15,19H,5-6,8-9H2,1-4H3. The first-order chi connectivity index (χ1) is 9.52. The molecule has 0 aromatic heterocycles. The minimum absolute atomic E-state index is 0.156. The molecule has 0 aliphatic heterocycles. The summed E-state index contributed by atoms with van der Waals surface area (Å²) in [5.74, 6) is 0.695. The number of hydrogen-bond donors (Lipinski definition) is 1. The van der Waals surface area contributed by atoms with Crippen molar-refractivity contribution < 1.29 is 4.39 Å². The maximum atomic E-state index is 13.6. The number of benzene rings is 1. The van der Waals surface area contributed by atoms with Crippen LogP contribution in [-0.2, 0) is 0 Å². The molecule has 3 heteroatoms. The smallest absolute Gasteiger partial charge is 0.123 e. The van der Waals surface area contributed by atoms with Crippen LogP contribution in [0.1, 0.15) is 51.1 Å². The molecule has 1 N–H and O–H groups in total. The zero-order chi connectivity index (χ0) is 14.7. The third-order valence-corrected chi connectivity index (χ3v) is 4.80. The summed E-state index contributed by atoms with van der Waals surface area (Å²) in [4.78, 5) is 2.36. The predicted octanol–water partition coefficient (Wildman–Crippen LogP) is 4.12. The van der Waals surface area contributed by atoms with E-state index in [2.05, 4.69) is 31.1 Å². The summed E-state index contributed by atoms with van der Waals surface area (Å²) in [5.41, 5.74) is 2.21. The Hall–Kier alpha value is -1.09. The van der Waals surface area contributed by atoms with E-state index in [1.54, 1.807) is 12.1 Å². The number of halogens is 1. The third kappa shape index (κ3) is 3.32. The fourth-order valence-corrected chi connectivity index (χ4v) is 3.18. The molecule has 1 aromatic rings. The van der Waals surface area contributed by atoms with Crippen molar-refractivity contribution in [3.8, 4) is 0 Å². The molecule has 0 bridgehead atoms. The minimum atomic E-state index is -0.156. The van der Waals surface area contributed by atoms with Gasteiger partial charge in [-0.05, 0) is 69.3 Å². The Labute approximate surface area is 122 Å². The topological polar surface area (TPSA) is 15.3 Å². The molecule has 2 nitrogen and oxygen atoms in total. The van der Waals surface area contributed by atoms with E-state index >= 15 is 0 Å². The van der Waals surface area contributed by atoms with Crippen LogP contribution in [0, 0.1) is 11.7 Å². The Morgan fingerprint density at radius 3 is 2.50 bits per heavy atom. The second kappa shape index (κ2) is 6.57. The van der Waals surface area contributed by atoms with Crippen LogP contribution in [0.25, 0.3) is 0 Å². The van der Waals surface area contributed by atoms with E-state index in [4.69, 9.17) is 0 Å². The summed E-state index contributed by atoms with van der Waals surface area (Å²) in [7, 11) is 4.07. The molecule has 0 spiro atoms. The van der Waals surface area contributed by atoms with Crippen LogP contribution >= 0.6 is 0 Å². The number of nitrogens with one attached hydrogen (secondary N) is 1. The molecule has 0 amide bonds. The van der Waals surface area contributed by atoms with E-state index in [1.807, 2.05) is 13.1 Å². The molecule has 1 aromatic carbocycles. The fraction of sp³-hybridized carbons (Fsp3) is 0.647. The van der Waals surface area contributed by atoms with Crippen LogP contribution in [0.15, 0.2) is 18.2 Å². The molecule has 1 fully saturated rings. The van der Waals surface area contributed by atoms with E-state index in [0.29, 0.717) is 6.04 Å². The minimum Gasteiger partial charge on any atom is -0.371 e. The number of hydrogen-bond acceptors (Lipinski definition) is 2. The van der Waals surface area contributed by atoms with Crippen molar-refractivity contribution in [1.29, 1.82) is 0 Å². The SMILES string of the molecule is CNC(C)c1cc(F)ccc1N(C)C1CCC(C)CC1. The maximum Gasteiger partial charge on any atom is 0.123 e. The Morgan fingerprint density at radius 1 is 1.25 bits per heavy atom. The van der Waals surface area contributed by atoms with Crippen molar-refractivity contribution in [1.82, 2.24) is 5.32 Å². The molecule has 0 radical (unpaired) electrons. The highest BCUT2D eigenvalue weighted by Crippen LogP contribution is 2.33. The van der Waals surface area contributed by atoms with Gasteiger partial charge in [0.2, 0.25) is 0 Å². The molecule has 1 aliphatic rings. The molecule has 2 rings (SSSR count). The van der Waals surface area contributed by atoms with Crippen molar-refractivity contribution in [2.75, 3.05) is 19.0 Å². The summed E-state index contributed by atoms with van der Waals surface area (Å²) in [6.45, 7) is 4.41. The van der Waals surface area contributed by atoms with Gasteiger partial charge in [0.25, 0.3) is 0 Å². The molecular formula is C17H27FN2. The van der Waals surface area contributed by atoms with Gasteiger partial charge in [0.15, 0.2) is 0 Å². The first-order valence-corrected chi connectivity index (χ1v) is 7.72. The van der Waals surface area contributed by atoms with Gasteiger partial charge in [-0.1, -0.05) is 6.92 Å². The Morgan fingerprint density at radius 2 is 1.90 bits per heavy atom. The quantitative estimate of drug-likeness (QED) is 0.891. The largest absolute Gasteiger partial charge is 0.371 e. The van der Waals surface area contributed by atoms with Gasteiger partial charge in [-0.25, -0.2) is 4.39 Å². The van der Waals surface area contributed by atoms with E-state index in [1.165, 1.54) is 25.7 Å². The lowest BCUT2D eigenvalue weighted by atomic mass is 9.86. The molecule has 1 unspecified atom stereocenters. The van der Waals surface area contributed by atoms with E-state index in [9.17, 15) is 4.39 Å². The van der Waals surface area contributed by atoms with Gasteiger partial charge >= 0.3 is 0 Å². The zero-order valence-corrected chi connectivity index (χ0v) is 13.1. The van der Waals surface area contributed by atoms with Crippen LogP contribution in [0.2, 0.25) is 0 Å². The van der Waals surface area contributed by atoms with Gasteiger partial charge in [-0.2, -0.15) is 0 Å². The zero-order valence-electron chi connectivity index (χ0n) is 13.1. The van der Waals surface area contributed by atoms with E-state index in [-0.39, 0.29) is 11.9 Å². The molecule has 1 atom stereocenters. The van der Waals surface area contributed by atoms with Gasteiger partial charge in [0.1, 0.15) is 5.82 Å². The van der Waals surface area contributed by atoms with Gasteiger partial charge in [-0.3, -0.25) is 0 Å². The number of rotatable bonds is 4. The third-order valence-electron chi connectivity index (χ3n) is 4.80. The summed E-state index contributed by atoms with van der Waals surface area (Å²) in [6, 6.07) is 5.91.